The predicted molar refractivity (Wildman–Crippen MR) is 200 cm³/mol. The number of rotatable bonds is 8. The average molecular weight is 767 g/mol. The highest BCUT2D eigenvalue weighted by atomic mass is 35.5. The van der Waals surface area contributed by atoms with Gasteiger partial charge in [-0.2, -0.15) is 18.4 Å². The van der Waals surface area contributed by atoms with Gasteiger partial charge in [0.15, 0.2) is 5.82 Å². The molecule has 4 aliphatic rings. The number of fused-ring (bicyclic) bond motifs is 5. The van der Waals surface area contributed by atoms with Crippen molar-refractivity contribution in [2.75, 3.05) is 44.0 Å². The standard InChI is InChI=1S/C38H44ClFN6O6S/c1-37(2,3)52-36(47)46-24-12-13-25(46)20-44(19-24)34-28-18-41-32(27-10-5-8-23-9-6-11-29(39)30(23)27)31(40)33(28)42-35(43-34)50-22-38-15-7-17-45(38)26(14-16-38)21-51-53(4,48)49/h5-6,8-11,18,24-26H,7,12-17,19-22H2,1-4H3/t24-,25+,26-,38-/m1/s1. The maximum absolute atomic E-state index is 17.0. The molecule has 53 heavy (non-hydrogen) atoms. The maximum Gasteiger partial charge on any atom is 0.410 e. The van der Waals surface area contributed by atoms with Crippen LogP contribution in [0.15, 0.2) is 42.6 Å². The van der Waals surface area contributed by atoms with Gasteiger partial charge in [-0.25, -0.2) is 9.18 Å². The number of aromatic nitrogens is 3. The molecule has 0 saturated carbocycles. The summed E-state index contributed by atoms with van der Waals surface area (Å²) in [5.41, 5.74) is -0.219. The minimum Gasteiger partial charge on any atom is -0.461 e. The molecule has 6 heterocycles. The summed E-state index contributed by atoms with van der Waals surface area (Å²) < 4.78 is 57.9. The Morgan fingerprint density at radius 1 is 1.06 bits per heavy atom. The molecule has 4 aliphatic heterocycles. The first kappa shape index (κ1) is 36.1. The van der Waals surface area contributed by atoms with Crippen molar-refractivity contribution in [3.63, 3.8) is 0 Å². The topological polar surface area (TPSA) is 127 Å². The van der Waals surface area contributed by atoms with Gasteiger partial charge in [-0.1, -0.05) is 41.9 Å². The molecule has 4 fully saturated rings. The summed E-state index contributed by atoms with van der Waals surface area (Å²) in [6.45, 7) is 7.67. The highest BCUT2D eigenvalue weighted by Crippen LogP contribution is 2.44. The van der Waals surface area contributed by atoms with E-state index >= 15 is 4.39 Å². The Hall–Kier alpha value is -3.85. The van der Waals surface area contributed by atoms with Crippen molar-refractivity contribution >= 4 is 55.3 Å². The second-order valence-corrected chi connectivity index (χ2v) is 17.9. The fraction of sp³-hybridized carbons (Fsp3) is 0.526. The van der Waals surface area contributed by atoms with Crippen LogP contribution in [-0.4, -0.2) is 108 Å². The van der Waals surface area contributed by atoms with E-state index in [1.54, 1.807) is 18.3 Å². The monoisotopic (exact) mass is 766 g/mol. The normalized spacial score (nSPS) is 24.7. The fourth-order valence-corrected chi connectivity index (χ4v) is 9.57. The Morgan fingerprint density at radius 2 is 1.79 bits per heavy atom. The first-order valence-electron chi connectivity index (χ1n) is 18.2. The molecule has 12 nitrogen and oxygen atoms in total. The van der Waals surface area contributed by atoms with Gasteiger partial charge in [0.2, 0.25) is 0 Å². The van der Waals surface area contributed by atoms with E-state index in [-0.39, 0.29) is 60.2 Å². The van der Waals surface area contributed by atoms with Crippen LogP contribution in [0.2, 0.25) is 5.02 Å². The van der Waals surface area contributed by atoms with Gasteiger partial charge in [-0.15, -0.1) is 0 Å². The highest BCUT2D eigenvalue weighted by Gasteiger charge is 2.50. The number of piperazine rings is 1. The number of hydrogen-bond acceptors (Lipinski definition) is 11. The molecular weight excluding hydrogens is 723 g/mol. The van der Waals surface area contributed by atoms with Crippen LogP contribution >= 0.6 is 11.6 Å². The molecule has 0 unspecified atom stereocenters. The predicted octanol–water partition coefficient (Wildman–Crippen LogP) is 6.58. The molecule has 0 radical (unpaired) electrons. The Kier molecular flexibility index (Phi) is 9.18. The van der Waals surface area contributed by atoms with E-state index in [2.05, 4.69) is 14.8 Å². The van der Waals surface area contributed by atoms with Crippen molar-refractivity contribution in [2.45, 2.75) is 88.6 Å². The van der Waals surface area contributed by atoms with Gasteiger partial charge < -0.3 is 14.4 Å². The van der Waals surface area contributed by atoms with Crippen LogP contribution in [0.1, 0.15) is 59.3 Å². The number of carbonyl (C=O) groups excluding carboxylic acids is 1. The van der Waals surface area contributed by atoms with E-state index in [0.29, 0.717) is 40.3 Å². The number of carbonyl (C=O) groups is 1. The molecule has 0 spiro atoms. The number of pyridine rings is 1. The number of hydrogen-bond donors (Lipinski definition) is 0. The lowest BCUT2D eigenvalue weighted by Crippen LogP contribution is -2.57. The minimum absolute atomic E-state index is 0.0403. The Balaban J connectivity index is 1.16. The molecule has 2 aromatic heterocycles. The van der Waals surface area contributed by atoms with E-state index in [1.807, 2.05) is 49.9 Å². The van der Waals surface area contributed by atoms with E-state index in [9.17, 15) is 13.2 Å². The Bertz CT molecular complexity index is 2180. The summed E-state index contributed by atoms with van der Waals surface area (Å²) in [5.74, 6) is -0.121. The third-order valence-corrected chi connectivity index (χ3v) is 12.0. The number of benzene rings is 2. The van der Waals surface area contributed by atoms with Crippen molar-refractivity contribution in [1.82, 2.24) is 24.8 Å². The van der Waals surface area contributed by atoms with Crippen molar-refractivity contribution in [1.29, 1.82) is 0 Å². The van der Waals surface area contributed by atoms with Gasteiger partial charge in [0.1, 0.15) is 29.2 Å². The molecule has 2 bridgehead atoms. The van der Waals surface area contributed by atoms with Crippen LogP contribution in [0.25, 0.3) is 32.9 Å². The summed E-state index contributed by atoms with van der Waals surface area (Å²) in [5, 5.41) is 2.48. The molecule has 282 valence electrons. The zero-order chi connectivity index (χ0) is 37.3. The van der Waals surface area contributed by atoms with Crippen LogP contribution in [0.4, 0.5) is 15.0 Å². The maximum atomic E-state index is 17.0. The Morgan fingerprint density at radius 3 is 2.51 bits per heavy atom. The van der Waals surface area contributed by atoms with Gasteiger partial charge >= 0.3 is 12.1 Å². The van der Waals surface area contributed by atoms with Crippen molar-refractivity contribution in [2.24, 2.45) is 0 Å². The molecule has 4 aromatic rings. The van der Waals surface area contributed by atoms with Crippen LogP contribution < -0.4 is 9.64 Å². The van der Waals surface area contributed by atoms with Gasteiger partial charge in [0.25, 0.3) is 10.1 Å². The lowest BCUT2D eigenvalue weighted by Gasteiger charge is -2.42. The average Bonchev–Trinajstić information content (AvgIpc) is 3.75. The fourth-order valence-electron chi connectivity index (χ4n) is 8.89. The molecular formula is C38H44ClFN6O6S. The van der Waals surface area contributed by atoms with E-state index < -0.39 is 21.5 Å². The second-order valence-electron chi connectivity index (χ2n) is 15.8. The number of anilines is 1. The number of ether oxygens (including phenoxy) is 2. The van der Waals surface area contributed by atoms with E-state index in [1.165, 1.54) is 0 Å². The minimum atomic E-state index is -3.57. The summed E-state index contributed by atoms with van der Waals surface area (Å²) in [4.78, 5) is 33.8. The van der Waals surface area contributed by atoms with Crippen LogP contribution in [0.5, 0.6) is 6.01 Å². The summed E-state index contributed by atoms with van der Waals surface area (Å²) in [7, 11) is -3.57. The second kappa shape index (κ2) is 13.5. The number of amides is 1. The molecule has 0 aliphatic carbocycles. The molecule has 8 rings (SSSR count). The van der Waals surface area contributed by atoms with Crippen molar-refractivity contribution in [3.05, 3.63) is 53.4 Å². The SMILES string of the molecule is CC(C)(C)OC(=O)N1[C@@H]2CC[C@H]1CN(c1nc(OC[C@]34CCCN3[C@@H](COS(C)(=O)=O)CC4)nc3c(F)c(-c4cccc5cccc(Cl)c45)ncc13)C2. The largest absolute Gasteiger partial charge is 0.461 e. The first-order valence-corrected chi connectivity index (χ1v) is 20.4. The van der Waals surface area contributed by atoms with Crippen LogP contribution in [0.3, 0.4) is 0 Å². The lowest BCUT2D eigenvalue weighted by molar-refractivity contribution is 0.0122. The summed E-state index contributed by atoms with van der Waals surface area (Å²) >= 11 is 6.66. The van der Waals surface area contributed by atoms with E-state index in [0.717, 1.165) is 56.7 Å². The zero-order valence-corrected chi connectivity index (χ0v) is 31.9. The quantitative estimate of drug-likeness (QED) is 0.181. The van der Waals surface area contributed by atoms with Gasteiger partial charge in [0, 0.05) is 41.3 Å². The summed E-state index contributed by atoms with van der Waals surface area (Å²) in [6, 6.07) is 10.9. The molecule has 4 atom stereocenters. The third-order valence-electron chi connectivity index (χ3n) is 11.1. The Labute approximate surface area is 313 Å². The van der Waals surface area contributed by atoms with Crippen molar-refractivity contribution in [3.8, 4) is 17.3 Å². The van der Waals surface area contributed by atoms with Crippen LogP contribution in [-0.2, 0) is 19.0 Å². The third kappa shape index (κ3) is 6.87. The van der Waals surface area contributed by atoms with Gasteiger partial charge in [-0.05, 0) is 77.3 Å². The molecule has 0 N–H and O–H groups in total. The van der Waals surface area contributed by atoms with Gasteiger partial charge in [0.05, 0.1) is 35.9 Å². The molecule has 4 saturated heterocycles. The first-order chi connectivity index (χ1) is 25.2. The molecule has 1 amide bonds. The summed E-state index contributed by atoms with van der Waals surface area (Å²) in [6.07, 6.45) is 7.34. The number of nitrogens with zero attached hydrogens (tertiary/aromatic N) is 6. The van der Waals surface area contributed by atoms with Gasteiger partial charge in [-0.3, -0.25) is 19.0 Å². The van der Waals surface area contributed by atoms with E-state index in [4.69, 9.17) is 35.2 Å². The zero-order valence-electron chi connectivity index (χ0n) is 30.3. The number of halogens is 2. The van der Waals surface area contributed by atoms with Crippen LogP contribution in [0, 0.1) is 5.82 Å². The smallest absolute Gasteiger partial charge is 0.410 e. The van der Waals surface area contributed by atoms with Crippen molar-refractivity contribution < 1.29 is 31.3 Å². The highest BCUT2D eigenvalue weighted by molar-refractivity contribution is 7.85. The lowest BCUT2D eigenvalue weighted by atomic mass is 9.95. The molecule has 15 heteroatoms. The molecule has 2 aromatic carbocycles.